The van der Waals surface area contributed by atoms with Gasteiger partial charge in [-0.3, -0.25) is 9.59 Å². The number of hydrogen-bond acceptors (Lipinski definition) is 3. The molecule has 1 N–H and O–H groups in total. The number of likely N-dealkylation sites (tertiary alicyclic amines) is 1. The lowest BCUT2D eigenvalue weighted by Gasteiger charge is -2.26. The summed E-state index contributed by atoms with van der Waals surface area (Å²) in [5.74, 6) is -0.108. The average Bonchev–Trinajstić information content (AvgIpc) is 3.07. The maximum atomic E-state index is 12.2. The monoisotopic (exact) mass is 342 g/mol. The van der Waals surface area contributed by atoms with Gasteiger partial charge in [-0.15, -0.1) is 11.3 Å². The maximum absolute atomic E-state index is 12.2. The van der Waals surface area contributed by atoms with E-state index in [9.17, 15) is 9.59 Å². The molecule has 1 aliphatic heterocycles. The van der Waals surface area contributed by atoms with Crippen LogP contribution in [0.25, 0.3) is 0 Å². The number of nitrogens with zero attached hydrogens (tertiary/aromatic N) is 1. The minimum atomic E-state index is -0.208. The summed E-state index contributed by atoms with van der Waals surface area (Å²) < 4.78 is 0.767. The van der Waals surface area contributed by atoms with Crippen molar-refractivity contribution in [3.05, 3.63) is 21.3 Å². The Labute approximate surface area is 140 Å². The van der Waals surface area contributed by atoms with Crippen LogP contribution in [0.15, 0.2) is 12.1 Å². The Balaban J connectivity index is 1.79. The van der Waals surface area contributed by atoms with Crippen LogP contribution in [-0.4, -0.2) is 35.8 Å². The zero-order valence-corrected chi connectivity index (χ0v) is 14.7. The second-order valence-corrected chi connectivity index (χ2v) is 7.46. The van der Waals surface area contributed by atoms with Crippen molar-refractivity contribution in [2.75, 3.05) is 13.1 Å². The first-order chi connectivity index (χ1) is 10.5. The Hall–Kier alpha value is -1.07. The fourth-order valence-corrected chi connectivity index (χ4v) is 4.02. The fraction of sp³-hybridized carbons (Fsp3) is 0.625. The van der Waals surface area contributed by atoms with E-state index in [0.717, 1.165) is 28.5 Å². The van der Waals surface area contributed by atoms with E-state index in [1.54, 1.807) is 0 Å². The zero-order chi connectivity index (χ0) is 16.1. The molecule has 1 aromatic heterocycles. The van der Waals surface area contributed by atoms with E-state index in [1.165, 1.54) is 11.3 Å². The van der Waals surface area contributed by atoms with Crippen molar-refractivity contribution in [2.45, 2.75) is 45.6 Å². The van der Waals surface area contributed by atoms with Crippen molar-refractivity contribution in [3.8, 4) is 0 Å². The van der Waals surface area contributed by atoms with Crippen molar-refractivity contribution in [2.24, 2.45) is 5.92 Å². The highest BCUT2D eigenvalue weighted by atomic mass is 35.5. The van der Waals surface area contributed by atoms with Crippen LogP contribution in [-0.2, 0) is 16.0 Å². The third-order valence-electron chi connectivity index (χ3n) is 4.21. The average molecular weight is 343 g/mol. The van der Waals surface area contributed by atoms with Crippen LogP contribution in [0.2, 0.25) is 4.34 Å². The van der Waals surface area contributed by atoms with Crippen LogP contribution < -0.4 is 5.32 Å². The Kier molecular flexibility index (Phi) is 6.26. The van der Waals surface area contributed by atoms with Gasteiger partial charge in [0.25, 0.3) is 0 Å². The van der Waals surface area contributed by atoms with Crippen LogP contribution in [0.3, 0.4) is 0 Å². The number of hydrogen-bond donors (Lipinski definition) is 1. The van der Waals surface area contributed by atoms with Crippen molar-refractivity contribution in [1.82, 2.24) is 10.2 Å². The predicted molar refractivity (Wildman–Crippen MR) is 90.2 cm³/mol. The standard InChI is InChI=1S/C16H23ClN2O2S/c1-3-12(4-2)19-10-11(9-15(19)20)16(21)18-8-7-13-5-6-14(17)22-13/h5-6,11-12H,3-4,7-10H2,1-2H3,(H,18,21). The Morgan fingerprint density at radius 2 is 2.18 bits per heavy atom. The van der Waals surface area contributed by atoms with Gasteiger partial charge in [0.1, 0.15) is 0 Å². The topological polar surface area (TPSA) is 49.4 Å². The van der Waals surface area contributed by atoms with Gasteiger partial charge in [0, 0.05) is 30.4 Å². The minimum absolute atomic E-state index is 0.00976. The number of halogens is 1. The predicted octanol–water partition coefficient (Wildman–Crippen LogP) is 3.10. The largest absolute Gasteiger partial charge is 0.355 e. The molecule has 4 nitrogen and oxygen atoms in total. The van der Waals surface area contributed by atoms with E-state index >= 15 is 0 Å². The van der Waals surface area contributed by atoms with Gasteiger partial charge in [0.2, 0.25) is 11.8 Å². The molecule has 0 aromatic carbocycles. The number of amides is 2. The molecule has 0 radical (unpaired) electrons. The molecule has 1 unspecified atom stereocenters. The van der Waals surface area contributed by atoms with Crippen LogP contribution in [0, 0.1) is 5.92 Å². The molecule has 22 heavy (non-hydrogen) atoms. The molecule has 0 bridgehead atoms. The SMILES string of the molecule is CCC(CC)N1CC(C(=O)NCCc2ccc(Cl)s2)CC1=O. The van der Waals surface area contributed by atoms with Crippen LogP contribution in [0.4, 0.5) is 0 Å². The van der Waals surface area contributed by atoms with Crippen molar-refractivity contribution >= 4 is 34.8 Å². The van der Waals surface area contributed by atoms with Crippen LogP contribution in [0.5, 0.6) is 0 Å². The molecule has 1 saturated heterocycles. The molecule has 2 heterocycles. The highest BCUT2D eigenvalue weighted by Gasteiger charge is 2.36. The molecule has 2 rings (SSSR count). The Bertz CT molecular complexity index is 528. The van der Waals surface area contributed by atoms with E-state index in [2.05, 4.69) is 19.2 Å². The van der Waals surface area contributed by atoms with Crippen molar-refractivity contribution in [3.63, 3.8) is 0 Å². The van der Waals surface area contributed by atoms with E-state index in [4.69, 9.17) is 11.6 Å². The van der Waals surface area contributed by atoms with E-state index < -0.39 is 0 Å². The van der Waals surface area contributed by atoms with Gasteiger partial charge < -0.3 is 10.2 Å². The van der Waals surface area contributed by atoms with Crippen molar-refractivity contribution < 1.29 is 9.59 Å². The first-order valence-electron chi connectivity index (χ1n) is 7.86. The van der Waals surface area contributed by atoms with Crippen LogP contribution in [0.1, 0.15) is 38.0 Å². The number of carbonyl (C=O) groups excluding carboxylic acids is 2. The molecular weight excluding hydrogens is 320 g/mol. The molecular formula is C16H23ClN2O2S. The summed E-state index contributed by atoms with van der Waals surface area (Å²) >= 11 is 7.42. The van der Waals surface area contributed by atoms with Gasteiger partial charge in [-0.1, -0.05) is 25.4 Å². The molecule has 6 heteroatoms. The third kappa shape index (κ3) is 4.23. The quantitative estimate of drug-likeness (QED) is 0.827. The number of nitrogens with one attached hydrogen (secondary N) is 1. The van der Waals surface area contributed by atoms with Gasteiger partial charge >= 0.3 is 0 Å². The third-order valence-corrected chi connectivity index (χ3v) is 5.50. The zero-order valence-electron chi connectivity index (χ0n) is 13.1. The normalized spacial score (nSPS) is 18.3. The highest BCUT2D eigenvalue weighted by Crippen LogP contribution is 2.24. The van der Waals surface area contributed by atoms with Gasteiger partial charge in [-0.25, -0.2) is 0 Å². The van der Waals surface area contributed by atoms with E-state index in [0.29, 0.717) is 19.5 Å². The van der Waals surface area contributed by atoms with Gasteiger partial charge in [-0.2, -0.15) is 0 Å². The summed E-state index contributed by atoms with van der Waals surface area (Å²) in [5.41, 5.74) is 0. The second-order valence-electron chi connectivity index (χ2n) is 5.66. The molecule has 122 valence electrons. The van der Waals surface area contributed by atoms with E-state index in [-0.39, 0.29) is 23.8 Å². The molecule has 1 aromatic rings. The summed E-state index contributed by atoms with van der Waals surface area (Å²) in [6, 6.07) is 4.11. The fourth-order valence-electron chi connectivity index (χ4n) is 2.93. The first kappa shape index (κ1) is 17.3. The number of carbonyl (C=O) groups is 2. The molecule has 1 aliphatic rings. The maximum Gasteiger partial charge on any atom is 0.225 e. The van der Waals surface area contributed by atoms with Gasteiger partial charge in [-0.05, 0) is 31.4 Å². The molecule has 1 atom stereocenters. The molecule has 2 amide bonds. The summed E-state index contributed by atoms with van der Waals surface area (Å²) in [6.07, 6.45) is 3.00. The van der Waals surface area contributed by atoms with Crippen molar-refractivity contribution in [1.29, 1.82) is 0 Å². The summed E-state index contributed by atoms with van der Waals surface area (Å²) in [4.78, 5) is 27.3. The molecule has 0 aliphatic carbocycles. The lowest BCUT2D eigenvalue weighted by Crippen LogP contribution is -2.38. The molecule has 0 spiro atoms. The summed E-state index contributed by atoms with van der Waals surface area (Å²) in [7, 11) is 0. The summed E-state index contributed by atoms with van der Waals surface area (Å²) in [5, 5.41) is 2.94. The molecule has 0 saturated carbocycles. The first-order valence-corrected chi connectivity index (χ1v) is 9.06. The number of rotatable bonds is 7. The minimum Gasteiger partial charge on any atom is -0.355 e. The summed E-state index contributed by atoms with van der Waals surface area (Å²) in [6.45, 7) is 5.31. The van der Waals surface area contributed by atoms with Crippen LogP contribution >= 0.6 is 22.9 Å². The number of thiophene rings is 1. The Morgan fingerprint density at radius 1 is 1.45 bits per heavy atom. The highest BCUT2D eigenvalue weighted by molar-refractivity contribution is 7.16. The second kappa shape index (κ2) is 7.97. The van der Waals surface area contributed by atoms with E-state index in [1.807, 2.05) is 17.0 Å². The van der Waals surface area contributed by atoms with Gasteiger partial charge in [0.05, 0.1) is 10.3 Å². The lowest BCUT2D eigenvalue weighted by molar-refractivity contribution is -0.130. The molecule has 1 fully saturated rings. The lowest BCUT2D eigenvalue weighted by atomic mass is 10.1. The van der Waals surface area contributed by atoms with Gasteiger partial charge in [0.15, 0.2) is 0 Å². The smallest absolute Gasteiger partial charge is 0.225 e. The Morgan fingerprint density at radius 3 is 2.77 bits per heavy atom.